The lowest BCUT2D eigenvalue weighted by molar-refractivity contribution is -0.129. The van der Waals surface area contributed by atoms with Crippen LogP contribution >= 0.6 is 23.2 Å². The molecule has 2 aromatic heterocycles. The number of aryl methyl sites for hydroxylation is 1. The van der Waals surface area contributed by atoms with E-state index in [2.05, 4.69) is 25.2 Å². The van der Waals surface area contributed by atoms with Crippen LogP contribution in [0.2, 0.25) is 10.0 Å². The van der Waals surface area contributed by atoms with Crippen LogP contribution in [0.1, 0.15) is 0 Å². The number of nitriles is 1. The van der Waals surface area contributed by atoms with Gasteiger partial charge < -0.3 is 19.8 Å². The van der Waals surface area contributed by atoms with Crippen LogP contribution in [0.5, 0.6) is 11.6 Å². The maximum absolute atomic E-state index is 11.5. The zero-order chi connectivity index (χ0) is 21.8. The number of benzene rings is 1. The number of nitrogens with one attached hydrogen (secondary N) is 1. The molecule has 0 radical (unpaired) electrons. The molecule has 0 saturated heterocycles. The lowest BCUT2D eigenvalue weighted by Crippen LogP contribution is -2.24. The highest BCUT2D eigenvalue weighted by Gasteiger charge is 2.17. The van der Waals surface area contributed by atoms with Gasteiger partial charge in [0.2, 0.25) is 11.6 Å². The molecule has 3 N–H and O–H groups in total. The predicted octanol–water partition coefficient (Wildman–Crippen LogP) is 2.98. The smallest absolute Gasteiger partial charge is 0.412 e. The van der Waals surface area contributed by atoms with E-state index in [9.17, 15) is 9.59 Å². The lowest BCUT2D eigenvalue weighted by atomic mass is 10.3. The summed E-state index contributed by atoms with van der Waals surface area (Å²) in [6.45, 7) is 0. The van der Waals surface area contributed by atoms with Crippen molar-refractivity contribution < 1.29 is 19.1 Å². The molecule has 2 heterocycles. The van der Waals surface area contributed by atoms with Gasteiger partial charge in [-0.25, -0.2) is 19.6 Å². The van der Waals surface area contributed by atoms with E-state index >= 15 is 0 Å². The summed E-state index contributed by atoms with van der Waals surface area (Å²) in [6.07, 6.45) is 1.78. The first-order valence-electron chi connectivity index (χ1n) is 7.98. The van der Waals surface area contributed by atoms with Gasteiger partial charge in [-0.2, -0.15) is 10.4 Å². The Morgan fingerprint density at radius 1 is 1.30 bits per heavy atom. The number of nitrogens with two attached hydrogens (primary N) is 1. The van der Waals surface area contributed by atoms with Gasteiger partial charge in [0.05, 0.1) is 21.1 Å². The van der Waals surface area contributed by atoms with Gasteiger partial charge in [0.15, 0.2) is 5.75 Å². The molecule has 0 saturated carbocycles. The molecule has 0 aliphatic carbocycles. The number of rotatable bonds is 5. The number of hydrogen-bond acceptors (Lipinski definition) is 9. The number of anilines is 1. The summed E-state index contributed by atoms with van der Waals surface area (Å²) in [5, 5.41) is 13.3. The Morgan fingerprint density at radius 3 is 2.63 bits per heavy atom. The van der Waals surface area contributed by atoms with E-state index in [4.69, 9.17) is 38.9 Å². The first-order chi connectivity index (χ1) is 14.3. The van der Waals surface area contributed by atoms with Gasteiger partial charge in [-0.15, -0.1) is 0 Å². The van der Waals surface area contributed by atoms with E-state index < -0.39 is 17.8 Å². The van der Waals surface area contributed by atoms with Crippen LogP contribution in [0.25, 0.3) is 11.0 Å². The van der Waals surface area contributed by atoms with Crippen molar-refractivity contribution >= 4 is 57.7 Å². The van der Waals surface area contributed by atoms with Gasteiger partial charge in [-0.1, -0.05) is 23.2 Å². The van der Waals surface area contributed by atoms with Gasteiger partial charge in [0.25, 0.3) is 0 Å². The monoisotopic (exact) mass is 447 g/mol. The van der Waals surface area contributed by atoms with E-state index in [-0.39, 0.29) is 27.4 Å². The number of nitrogens with zero attached hydrogens (tertiary/aromatic N) is 5. The summed E-state index contributed by atoms with van der Waals surface area (Å²) in [5.41, 5.74) is 7.28. The van der Waals surface area contributed by atoms with E-state index in [1.165, 1.54) is 24.5 Å². The molecule has 3 rings (SSSR count). The fourth-order valence-corrected chi connectivity index (χ4v) is 2.90. The van der Waals surface area contributed by atoms with Crippen molar-refractivity contribution in [2.45, 2.75) is 0 Å². The number of carbonyl (C=O) groups is 2. The minimum atomic E-state index is -1.37. The van der Waals surface area contributed by atoms with Crippen molar-refractivity contribution in [2.24, 2.45) is 17.9 Å². The normalized spacial score (nSPS) is 11.1. The molecule has 1 aromatic carbocycles. The van der Waals surface area contributed by atoms with Crippen LogP contribution in [-0.4, -0.2) is 32.3 Å². The van der Waals surface area contributed by atoms with E-state index in [1.54, 1.807) is 16.8 Å². The third kappa shape index (κ3) is 4.40. The van der Waals surface area contributed by atoms with Crippen molar-refractivity contribution in [3.05, 3.63) is 40.8 Å². The molecule has 0 atom stereocenters. The Morgan fingerprint density at radius 2 is 2.00 bits per heavy atom. The first-order valence-corrected chi connectivity index (χ1v) is 8.74. The molecule has 30 heavy (non-hydrogen) atoms. The van der Waals surface area contributed by atoms with Crippen molar-refractivity contribution in [2.75, 3.05) is 5.43 Å². The van der Waals surface area contributed by atoms with Crippen LogP contribution in [0.3, 0.4) is 0 Å². The van der Waals surface area contributed by atoms with E-state index in [1.807, 2.05) is 7.05 Å². The topological polar surface area (TPSA) is 158 Å². The molecular weight excluding hydrogens is 437 g/mol. The molecule has 0 aliphatic heterocycles. The molecule has 13 heteroatoms. The molecule has 0 unspecified atom stereocenters. The van der Waals surface area contributed by atoms with E-state index in [0.717, 1.165) is 0 Å². The maximum atomic E-state index is 11.5. The maximum Gasteiger partial charge on any atom is 0.412 e. The molecule has 1 amide bonds. The van der Waals surface area contributed by atoms with Crippen molar-refractivity contribution in [3.8, 4) is 17.7 Å². The number of carbonyl (C=O) groups excluding carboxylic acids is 2. The highest BCUT2D eigenvalue weighted by Crippen LogP contribution is 2.39. The highest BCUT2D eigenvalue weighted by molar-refractivity contribution is 6.44. The van der Waals surface area contributed by atoms with Gasteiger partial charge in [0.1, 0.15) is 18.0 Å². The molecule has 0 bridgehead atoms. The number of ether oxygens (including phenoxy) is 2. The Bertz CT molecular complexity index is 1210. The van der Waals surface area contributed by atoms with Crippen molar-refractivity contribution in [3.63, 3.8) is 0 Å². The van der Waals surface area contributed by atoms with Crippen LogP contribution in [-0.2, 0) is 16.6 Å². The number of esters is 1. The number of hydrogen-bond donors (Lipinski definition) is 2. The number of primary amides is 1. The first kappa shape index (κ1) is 20.8. The van der Waals surface area contributed by atoms with Gasteiger partial charge in [0, 0.05) is 13.2 Å². The number of aromatic nitrogens is 3. The fourth-order valence-electron chi connectivity index (χ4n) is 2.33. The molecule has 3 aromatic rings. The minimum Gasteiger partial charge on any atom is -0.435 e. The van der Waals surface area contributed by atoms with Crippen LogP contribution in [0.15, 0.2) is 35.8 Å². The van der Waals surface area contributed by atoms with E-state index in [0.29, 0.717) is 11.0 Å². The van der Waals surface area contributed by atoms with Gasteiger partial charge in [-0.3, -0.25) is 5.43 Å². The number of halogens is 2. The molecule has 0 spiro atoms. The second-order valence-corrected chi connectivity index (χ2v) is 6.42. The third-order valence-corrected chi connectivity index (χ3v) is 4.17. The standard InChI is InChI=1S/C17H11Cl2N7O4/c1-26-3-2-9-14(26)22-7-23-15(9)29-13-10(18)4-8(5-11(13)19)24-25-12(6-20)16(27)30-17(21)28/h2-5,7,24H,1H3,(H2,21,28). The van der Waals surface area contributed by atoms with Crippen molar-refractivity contribution in [1.29, 1.82) is 5.26 Å². The van der Waals surface area contributed by atoms with Gasteiger partial charge in [-0.05, 0) is 18.2 Å². The molecule has 11 nitrogen and oxygen atoms in total. The summed E-state index contributed by atoms with van der Waals surface area (Å²) in [4.78, 5) is 30.4. The number of hydrazone groups is 1. The van der Waals surface area contributed by atoms with Crippen LogP contribution in [0, 0.1) is 11.3 Å². The van der Waals surface area contributed by atoms with Crippen LogP contribution < -0.4 is 15.9 Å². The third-order valence-electron chi connectivity index (χ3n) is 3.61. The lowest BCUT2D eigenvalue weighted by Gasteiger charge is -2.11. The summed E-state index contributed by atoms with van der Waals surface area (Å²) in [7, 11) is 1.83. The number of fused-ring (bicyclic) bond motifs is 1. The zero-order valence-corrected chi connectivity index (χ0v) is 16.6. The number of amides is 1. The Balaban J connectivity index is 1.85. The predicted molar refractivity (Wildman–Crippen MR) is 107 cm³/mol. The zero-order valence-electron chi connectivity index (χ0n) is 15.1. The molecule has 0 fully saturated rings. The van der Waals surface area contributed by atoms with Gasteiger partial charge >= 0.3 is 12.1 Å². The highest BCUT2D eigenvalue weighted by atomic mass is 35.5. The summed E-state index contributed by atoms with van der Waals surface area (Å²) in [5.74, 6) is -0.931. The average Bonchev–Trinajstić information content (AvgIpc) is 3.06. The molecular formula is C17H11Cl2N7O4. The summed E-state index contributed by atoms with van der Waals surface area (Å²) < 4.78 is 11.7. The second-order valence-electron chi connectivity index (χ2n) is 5.61. The SMILES string of the molecule is Cn1ccc2c(Oc3c(Cl)cc(NN=C(C#N)C(=O)OC(N)=O)cc3Cl)ncnc21. The quantitative estimate of drug-likeness (QED) is 0.261. The van der Waals surface area contributed by atoms with Crippen LogP contribution in [0.4, 0.5) is 10.5 Å². The summed E-state index contributed by atoms with van der Waals surface area (Å²) >= 11 is 12.5. The summed E-state index contributed by atoms with van der Waals surface area (Å²) in [6, 6.07) is 6.04. The largest absolute Gasteiger partial charge is 0.435 e. The molecule has 152 valence electrons. The fraction of sp³-hybridized carbons (Fsp3) is 0.0588. The minimum absolute atomic E-state index is 0.0983. The Kier molecular flexibility index (Phi) is 6.01. The van der Waals surface area contributed by atoms with Crippen molar-refractivity contribution in [1.82, 2.24) is 14.5 Å². The molecule has 0 aliphatic rings. The Labute approximate surface area is 178 Å². The Hall–Kier alpha value is -3.88. The average molecular weight is 448 g/mol. The second kappa shape index (κ2) is 8.64.